The highest BCUT2D eigenvalue weighted by Gasteiger charge is 2.46. The van der Waals surface area contributed by atoms with Crippen LogP contribution >= 0.6 is 0 Å². The summed E-state index contributed by atoms with van der Waals surface area (Å²) in [4.78, 5) is 27.0. The number of hydrogen-bond acceptors (Lipinski definition) is 3. The Bertz CT molecular complexity index is 467. The summed E-state index contributed by atoms with van der Waals surface area (Å²) in [6, 6.07) is 9.01. The monoisotopic (exact) mass is 260 g/mol. The molecule has 2 heterocycles. The van der Waals surface area contributed by atoms with Crippen molar-refractivity contribution in [3.8, 4) is 5.75 Å². The number of hydrogen-bond donors (Lipinski definition) is 0. The highest BCUT2D eigenvalue weighted by atomic mass is 16.5. The van der Waals surface area contributed by atoms with Gasteiger partial charge in [0.1, 0.15) is 18.4 Å². The largest absolute Gasteiger partial charge is 0.492 e. The van der Waals surface area contributed by atoms with Crippen molar-refractivity contribution < 1.29 is 14.3 Å². The lowest BCUT2D eigenvalue weighted by Gasteiger charge is -2.15. The van der Waals surface area contributed by atoms with Crippen molar-refractivity contribution in [2.45, 2.75) is 18.9 Å². The van der Waals surface area contributed by atoms with Gasteiger partial charge >= 0.3 is 6.03 Å². The maximum Gasteiger partial charge on any atom is 0.327 e. The van der Waals surface area contributed by atoms with Crippen molar-refractivity contribution in [3.05, 3.63) is 30.3 Å². The number of amides is 3. The second-order valence-corrected chi connectivity index (χ2v) is 4.79. The zero-order valence-corrected chi connectivity index (χ0v) is 10.6. The van der Waals surface area contributed by atoms with Gasteiger partial charge in [0.15, 0.2) is 0 Å². The summed E-state index contributed by atoms with van der Waals surface area (Å²) in [5.74, 6) is 0.682. The van der Waals surface area contributed by atoms with Gasteiger partial charge < -0.3 is 9.64 Å². The Morgan fingerprint density at radius 3 is 2.74 bits per heavy atom. The molecule has 0 saturated carbocycles. The fraction of sp³-hybridized carbons (Fsp3) is 0.429. The van der Waals surface area contributed by atoms with E-state index in [1.165, 1.54) is 4.90 Å². The molecule has 3 rings (SSSR count). The summed E-state index contributed by atoms with van der Waals surface area (Å²) in [6.45, 7) is 1.35. The van der Waals surface area contributed by atoms with E-state index in [0.29, 0.717) is 19.7 Å². The molecule has 1 unspecified atom stereocenters. The Kier molecular flexibility index (Phi) is 3.11. The third-order valence-electron chi connectivity index (χ3n) is 3.61. The lowest BCUT2D eigenvalue weighted by molar-refractivity contribution is -0.128. The average Bonchev–Trinajstić information content (AvgIpc) is 2.99. The van der Waals surface area contributed by atoms with Gasteiger partial charge in [-0.1, -0.05) is 18.2 Å². The molecule has 2 aliphatic rings. The third-order valence-corrected chi connectivity index (χ3v) is 3.61. The van der Waals surface area contributed by atoms with Gasteiger partial charge in [0, 0.05) is 6.54 Å². The number of imide groups is 1. The molecule has 2 saturated heterocycles. The molecule has 1 atom stereocenters. The summed E-state index contributed by atoms with van der Waals surface area (Å²) in [5.41, 5.74) is 0. The first-order valence-electron chi connectivity index (χ1n) is 6.57. The number of benzene rings is 1. The van der Waals surface area contributed by atoms with E-state index in [9.17, 15) is 9.59 Å². The van der Waals surface area contributed by atoms with Gasteiger partial charge in [-0.05, 0) is 25.0 Å². The van der Waals surface area contributed by atoms with E-state index in [0.717, 1.165) is 18.6 Å². The number of rotatable bonds is 4. The van der Waals surface area contributed by atoms with E-state index in [1.807, 2.05) is 30.3 Å². The molecule has 5 heteroatoms. The van der Waals surface area contributed by atoms with Crippen molar-refractivity contribution in [2.24, 2.45) is 0 Å². The minimum Gasteiger partial charge on any atom is -0.492 e. The van der Waals surface area contributed by atoms with Gasteiger partial charge in [-0.2, -0.15) is 0 Å². The predicted octanol–water partition coefficient (Wildman–Crippen LogP) is 1.49. The van der Waals surface area contributed by atoms with Gasteiger partial charge in [0.05, 0.1) is 6.54 Å². The Morgan fingerprint density at radius 2 is 2.00 bits per heavy atom. The van der Waals surface area contributed by atoms with Crippen molar-refractivity contribution in [3.63, 3.8) is 0 Å². The quantitative estimate of drug-likeness (QED) is 0.771. The summed E-state index contributed by atoms with van der Waals surface area (Å²) >= 11 is 0. The van der Waals surface area contributed by atoms with Crippen molar-refractivity contribution in [1.82, 2.24) is 9.80 Å². The van der Waals surface area contributed by atoms with Crippen LogP contribution in [-0.2, 0) is 4.79 Å². The summed E-state index contributed by atoms with van der Waals surface area (Å²) in [6.07, 6.45) is 1.72. The van der Waals surface area contributed by atoms with E-state index >= 15 is 0 Å². The molecular weight excluding hydrogens is 244 g/mol. The van der Waals surface area contributed by atoms with Gasteiger partial charge in [-0.3, -0.25) is 9.69 Å². The SMILES string of the molecule is O=C1C2CCCN2C(=O)N1CCOc1ccccc1. The minimum atomic E-state index is -0.218. The van der Waals surface area contributed by atoms with E-state index in [4.69, 9.17) is 4.74 Å². The molecule has 3 amide bonds. The second-order valence-electron chi connectivity index (χ2n) is 4.79. The summed E-state index contributed by atoms with van der Waals surface area (Å²) in [5, 5.41) is 0. The van der Waals surface area contributed by atoms with Crippen LogP contribution in [0.4, 0.5) is 4.79 Å². The Morgan fingerprint density at radius 1 is 1.21 bits per heavy atom. The van der Waals surface area contributed by atoms with Crippen LogP contribution in [0.15, 0.2) is 30.3 Å². The maximum atomic E-state index is 12.0. The number of para-hydroxylation sites is 1. The Hall–Kier alpha value is -2.04. The fourth-order valence-corrected chi connectivity index (χ4v) is 2.66. The summed E-state index contributed by atoms with van der Waals surface area (Å²) in [7, 11) is 0. The number of fused-ring (bicyclic) bond motifs is 1. The normalized spacial score (nSPS) is 22.0. The second kappa shape index (κ2) is 4.91. The number of nitrogens with zero attached hydrogens (tertiary/aromatic N) is 2. The molecule has 1 aromatic carbocycles. The Labute approximate surface area is 111 Å². The first kappa shape index (κ1) is 12.0. The first-order valence-corrected chi connectivity index (χ1v) is 6.57. The number of ether oxygens (including phenoxy) is 1. The zero-order valence-electron chi connectivity index (χ0n) is 10.6. The zero-order chi connectivity index (χ0) is 13.2. The smallest absolute Gasteiger partial charge is 0.327 e. The number of carbonyl (C=O) groups is 2. The molecule has 5 nitrogen and oxygen atoms in total. The average molecular weight is 260 g/mol. The standard InChI is InChI=1S/C14H16N2O3/c17-13-12-7-4-8-15(12)14(18)16(13)9-10-19-11-5-2-1-3-6-11/h1-3,5-6,12H,4,7-10H2. The molecule has 0 radical (unpaired) electrons. The van der Waals surface area contributed by atoms with Crippen LogP contribution in [0.25, 0.3) is 0 Å². The van der Waals surface area contributed by atoms with Crippen molar-refractivity contribution in [1.29, 1.82) is 0 Å². The molecule has 0 spiro atoms. The molecular formula is C14H16N2O3. The van der Waals surface area contributed by atoms with Gasteiger partial charge in [0.2, 0.25) is 0 Å². The molecule has 0 aliphatic carbocycles. The minimum absolute atomic E-state index is 0.0702. The number of carbonyl (C=O) groups excluding carboxylic acids is 2. The maximum absolute atomic E-state index is 12.0. The van der Waals surface area contributed by atoms with E-state index < -0.39 is 0 Å². The van der Waals surface area contributed by atoms with E-state index in [-0.39, 0.29) is 18.0 Å². The van der Waals surface area contributed by atoms with Gasteiger partial charge in [-0.15, -0.1) is 0 Å². The van der Waals surface area contributed by atoms with Crippen LogP contribution in [0.3, 0.4) is 0 Å². The van der Waals surface area contributed by atoms with Gasteiger partial charge in [-0.25, -0.2) is 4.79 Å². The van der Waals surface area contributed by atoms with Gasteiger partial charge in [0.25, 0.3) is 5.91 Å². The summed E-state index contributed by atoms with van der Waals surface area (Å²) < 4.78 is 5.52. The fourth-order valence-electron chi connectivity index (χ4n) is 2.66. The lowest BCUT2D eigenvalue weighted by Crippen LogP contribution is -2.36. The van der Waals surface area contributed by atoms with Crippen LogP contribution in [0.2, 0.25) is 0 Å². The molecule has 0 N–H and O–H groups in total. The Balaban J connectivity index is 1.56. The molecule has 19 heavy (non-hydrogen) atoms. The van der Waals surface area contributed by atoms with E-state index in [1.54, 1.807) is 4.90 Å². The van der Waals surface area contributed by atoms with Crippen LogP contribution in [-0.4, -0.2) is 47.5 Å². The number of urea groups is 1. The molecule has 100 valence electrons. The third kappa shape index (κ3) is 2.16. The van der Waals surface area contributed by atoms with Crippen LogP contribution in [0.1, 0.15) is 12.8 Å². The molecule has 0 bridgehead atoms. The van der Waals surface area contributed by atoms with Crippen LogP contribution in [0, 0.1) is 0 Å². The van der Waals surface area contributed by atoms with Crippen LogP contribution < -0.4 is 4.74 Å². The highest BCUT2D eigenvalue weighted by Crippen LogP contribution is 2.26. The van der Waals surface area contributed by atoms with Crippen molar-refractivity contribution in [2.75, 3.05) is 19.7 Å². The van der Waals surface area contributed by atoms with E-state index in [2.05, 4.69) is 0 Å². The lowest BCUT2D eigenvalue weighted by atomic mass is 10.2. The van der Waals surface area contributed by atoms with Crippen LogP contribution in [0.5, 0.6) is 5.75 Å². The molecule has 0 aromatic heterocycles. The topological polar surface area (TPSA) is 49.9 Å². The molecule has 2 aliphatic heterocycles. The van der Waals surface area contributed by atoms with Crippen molar-refractivity contribution >= 4 is 11.9 Å². The molecule has 1 aromatic rings. The molecule has 2 fully saturated rings. The predicted molar refractivity (Wildman–Crippen MR) is 68.8 cm³/mol. The highest BCUT2D eigenvalue weighted by molar-refractivity contribution is 6.04. The first-order chi connectivity index (χ1) is 9.27.